The van der Waals surface area contributed by atoms with Crippen molar-refractivity contribution >= 4 is 23.2 Å². The van der Waals surface area contributed by atoms with E-state index >= 15 is 0 Å². The summed E-state index contributed by atoms with van der Waals surface area (Å²) in [6.07, 6.45) is 5.46. The van der Waals surface area contributed by atoms with Crippen molar-refractivity contribution in [2.45, 2.75) is 45.1 Å². The third kappa shape index (κ3) is 3.09. The first kappa shape index (κ1) is 14.9. The monoisotopic (exact) mass is 306 g/mol. The van der Waals surface area contributed by atoms with Crippen LogP contribution in [0.25, 0.3) is 0 Å². The summed E-state index contributed by atoms with van der Waals surface area (Å²) in [5, 5.41) is 3.61. The van der Waals surface area contributed by atoms with E-state index in [-0.39, 0.29) is 11.8 Å². The molecule has 0 radical (unpaired) electrons. The third-order valence-corrected chi connectivity index (χ3v) is 5.49. The van der Waals surface area contributed by atoms with Crippen LogP contribution in [0.2, 0.25) is 5.02 Å². The van der Waals surface area contributed by atoms with E-state index in [2.05, 4.69) is 5.32 Å². The van der Waals surface area contributed by atoms with Crippen LogP contribution in [-0.4, -0.2) is 11.9 Å². The minimum atomic E-state index is 0.0803. The highest BCUT2D eigenvalue weighted by atomic mass is 35.5. The molecule has 2 bridgehead atoms. The summed E-state index contributed by atoms with van der Waals surface area (Å²) in [5.41, 5.74) is 8.11. The van der Waals surface area contributed by atoms with Crippen LogP contribution in [0.1, 0.15) is 37.7 Å². The lowest BCUT2D eigenvalue weighted by molar-refractivity contribution is -0.122. The highest BCUT2D eigenvalue weighted by Crippen LogP contribution is 2.42. The van der Waals surface area contributed by atoms with Gasteiger partial charge in [0.15, 0.2) is 0 Å². The molecule has 2 aliphatic rings. The van der Waals surface area contributed by atoms with Gasteiger partial charge in [-0.25, -0.2) is 0 Å². The molecule has 114 valence electrons. The molecule has 3 rings (SSSR count). The number of fused-ring (bicyclic) bond motifs is 2. The molecule has 2 unspecified atom stereocenters. The Morgan fingerprint density at radius 3 is 2.62 bits per heavy atom. The number of halogens is 1. The Bertz CT molecular complexity index is 532. The highest BCUT2D eigenvalue weighted by molar-refractivity contribution is 6.33. The van der Waals surface area contributed by atoms with Gasteiger partial charge in [-0.05, 0) is 62.1 Å². The van der Waals surface area contributed by atoms with Crippen LogP contribution < -0.4 is 11.1 Å². The number of nitrogens with two attached hydrogens (primary N) is 1. The number of carbonyl (C=O) groups is 1. The van der Waals surface area contributed by atoms with Gasteiger partial charge in [0.25, 0.3) is 0 Å². The molecule has 2 atom stereocenters. The van der Waals surface area contributed by atoms with E-state index in [0.29, 0.717) is 22.9 Å². The molecule has 1 aromatic carbocycles. The molecule has 0 spiro atoms. The molecule has 0 aromatic heterocycles. The fourth-order valence-electron chi connectivity index (χ4n) is 3.97. The fourth-order valence-corrected chi connectivity index (χ4v) is 4.14. The SMILES string of the molecule is Cc1ccc(Cl)c(NC(=O)C2CC3CCCC(C2)C3N)c1. The zero-order chi connectivity index (χ0) is 15.0. The Kier molecular flexibility index (Phi) is 4.23. The van der Waals surface area contributed by atoms with E-state index < -0.39 is 0 Å². The van der Waals surface area contributed by atoms with Gasteiger partial charge in [0.2, 0.25) is 5.91 Å². The number of amides is 1. The summed E-state index contributed by atoms with van der Waals surface area (Å²) >= 11 is 6.16. The van der Waals surface area contributed by atoms with E-state index in [1.807, 2.05) is 25.1 Å². The lowest BCUT2D eigenvalue weighted by Crippen LogP contribution is -2.48. The second-order valence-corrected chi connectivity index (χ2v) is 7.08. The molecule has 0 aliphatic heterocycles. The van der Waals surface area contributed by atoms with Gasteiger partial charge in [0.1, 0.15) is 0 Å². The van der Waals surface area contributed by atoms with Gasteiger partial charge < -0.3 is 11.1 Å². The molecule has 2 saturated carbocycles. The lowest BCUT2D eigenvalue weighted by Gasteiger charge is -2.43. The molecule has 3 nitrogen and oxygen atoms in total. The summed E-state index contributed by atoms with van der Waals surface area (Å²) in [6.45, 7) is 2.00. The summed E-state index contributed by atoms with van der Waals surface area (Å²) in [7, 11) is 0. The van der Waals surface area contributed by atoms with Crippen molar-refractivity contribution in [3.8, 4) is 0 Å². The van der Waals surface area contributed by atoms with E-state index in [0.717, 1.165) is 24.1 Å². The predicted octanol–water partition coefficient (Wildman–Crippen LogP) is 3.74. The van der Waals surface area contributed by atoms with Crippen LogP contribution in [0.4, 0.5) is 5.69 Å². The molecule has 1 amide bonds. The highest BCUT2D eigenvalue weighted by Gasteiger charge is 2.40. The molecule has 1 aromatic rings. The van der Waals surface area contributed by atoms with Crippen LogP contribution in [-0.2, 0) is 4.79 Å². The smallest absolute Gasteiger partial charge is 0.227 e. The van der Waals surface area contributed by atoms with Gasteiger partial charge >= 0.3 is 0 Å². The van der Waals surface area contributed by atoms with E-state index in [1.54, 1.807) is 0 Å². The second-order valence-electron chi connectivity index (χ2n) is 6.67. The van der Waals surface area contributed by atoms with Gasteiger partial charge in [-0.3, -0.25) is 4.79 Å². The van der Waals surface area contributed by atoms with Gasteiger partial charge in [-0.15, -0.1) is 0 Å². The number of anilines is 1. The first-order valence-corrected chi connectivity index (χ1v) is 8.25. The first-order valence-electron chi connectivity index (χ1n) is 7.87. The quantitative estimate of drug-likeness (QED) is 0.874. The molecule has 2 aliphatic carbocycles. The molecule has 4 heteroatoms. The molecular weight excluding hydrogens is 284 g/mol. The normalized spacial score (nSPS) is 31.8. The van der Waals surface area contributed by atoms with Gasteiger partial charge in [0.05, 0.1) is 10.7 Å². The minimum absolute atomic E-state index is 0.0803. The Balaban J connectivity index is 1.70. The van der Waals surface area contributed by atoms with Gasteiger partial charge in [-0.2, -0.15) is 0 Å². The lowest BCUT2D eigenvalue weighted by atomic mass is 9.65. The predicted molar refractivity (Wildman–Crippen MR) is 86.3 cm³/mol. The van der Waals surface area contributed by atoms with Crippen molar-refractivity contribution in [1.29, 1.82) is 0 Å². The molecule has 0 heterocycles. The Morgan fingerprint density at radius 2 is 1.95 bits per heavy atom. The zero-order valence-electron chi connectivity index (χ0n) is 12.4. The minimum Gasteiger partial charge on any atom is -0.327 e. The van der Waals surface area contributed by atoms with Crippen molar-refractivity contribution in [3.05, 3.63) is 28.8 Å². The zero-order valence-corrected chi connectivity index (χ0v) is 13.2. The largest absolute Gasteiger partial charge is 0.327 e. The number of rotatable bonds is 2. The standard InChI is InChI=1S/C17H23ClN2O/c1-10-5-6-14(18)15(7-10)20-17(21)13-8-11-3-2-4-12(9-13)16(11)19/h5-7,11-13,16H,2-4,8-9,19H2,1H3,(H,20,21). The summed E-state index contributed by atoms with van der Waals surface area (Å²) in [5.74, 6) is 1.21. The number of benzene rings is 1. The maximum Gasteiger partial charge on any atom is 0.227 e. The number of hydrogen-bond acceptors (Lipinski definition) is 2. The van der Waals surface area contributed by atoms with Crippen LogP contribution in [0.3, 0.4) is 0 Å². The van der Waals surface area contributed by atoms with Crippen LogP contribution >= 0.6 is 11.6 Å². The number of hydrogen-bond donors (Lipinski definition) is 2. The van der Waals surface area contributed by atoms with Crippen molar-refractivity contribution in [3.63, 3.8) is 0 Å². The Hall–Kier alpha value is -1.06. The number of carbonyl (C=O) groups excluding carboxylic acids is 1. The van der Waals surface area contributed by atoms with Crippen LogP contribution in [0.15, 0.2) is 18.2 Å². The summed E-state index contributed by atoms with van der Waals surface area (Å²) < 4.78 is 0. The van der Waals surface area contributed by atoms with Crippen molar-refractivity contribution in [1.82, 2.24) is 0 Å². The Morgan fingerprint density at radius 1 is 1.29 bits per heavy atom. The maximum atomic E-state index is 12.6. The molecule has 2 fully saturated rings. The summed E-state index contributed by atoms with van der Waals surface area (Å²) in [6, 6.07) is 6.00. The fraction of sp³-hybridized carbons (Fsp3) is 0.588. The summed E-state index contributed by atoms with van der Waals surface area (Å²) in [4.78, 5) is 12.6. The average Bonchev–Trinajstić information content (AvgIpc) is 2.42. The van der Waals surface area contributed by atoms with Crippen LogP contribution in [0, 0.1) is 24.7 Å². The first-order chi connectivity index (χ1) is 10.0. The topological polar surface area (TPSA) is 55.1 Å². The molecular formula is C17H23ClN2O. The maximum absolute atomic E-state index is 12.6. The average molecular weight is 307 g/mol. The second kappa shape index (κ2) is 5.98. The molecule has 3 N–H and O–H groups in total. The van der Waals surface area contributed by atoms with Gasteiger partial charge in [-0.1, -0.05) is 24.1 Å². The van der Waals surface area contributed by atoms with Crippen molar-refractivity contribution < 1.29 is 4.79 Å². The Labute approximate surface area is 131 Å². The van der Waals surface area contributed by atoms with E-state index in [1.165, 1.54) is 19.3 Å². The molecule has 0 saturated heterocycles. The third-order valence-electron chi connectivity index (χ3n) is 5.16. The number of nitrogens with one attached hydrogen (secondary N) is 1. The van der Waals surface area contributed by atoms with E-state index in [4.69, 9.17) is 17.3 Å². The number of aryl methyl sites for hydroxylation is 1. The van der Waals surface area contributed by atoms with Gasteiger partial charge in [0, 0.05) is 12.0 Å². The van der Waals surface area contributed by atoms with Crippen molar-refractivity contribution in [2.75, 3.05) is 5.32 Å². The van der Waals surface area contributed by atoms with Crippen molar-refractivity contribution in [2.24, 2.45) is 23.5 Å². The van der Waals surface area contributed by atoms with E-state index in [9.17, 15) is 4.79 Å². The molecule has 21 heavy (non-hydrogen) atoms. The van der Waals surface area contributed by atoms with Crippen LogP contribution in [0.5, 0.6) is 0 Å².